The highest BCUT2D eigenvalue weighted by Crippen LogP contribution is 2.39. The van der Waals surface area contributed by atoms with Crippen molar-refractivity contribution in [3.05, 3.63) is 57.7 Å². The third kappa shape index (κ3) is 2.03. The molecule has 2 nitrogen and oxygen atoms in total. The quantitative estimate of drug-likeness (QED) is 0.599. The lowest BCUT2D eigenvalue weighted by atomic mass is 10.0. The summed E-state index contributed by atoms with van der Waals surface area (Å²) in [6.07, 6.45) is 0. The summed E-state index contributed by atoms with van der Waals surface area (Å²) in [5.74, 6) is 0.296. The fourth-order valence-electron chi connectivity index (χ4n) is 2.10. The average Bonchev–Trinajstić information content (AvgIpc) is 2.78. The second-order valence-corrected chi connectivity index (χ2v) is 5.34. The third-order valence-corrected chi connectivity index (χ3v) is 3.68. The number of nitrogens with zero attached hydrogens (tertiary/aromatic N) is 1. The van der Waals surface area contributed by atoms with E-state index in [1.807, 2.05) is 36.4 Å². The van der Waals surface area contributed by atoms with Crippen LogP contribution in [0.1, 0.15) is 5.76 Å². The lowest BCUT2D eigenvalue weighted by molar-refractivity contribution is 0.599. The minimum absolute atomic E-state index is 0.296. The smallest absolute Gasteiger partial charge is 0.212 e. The molecule has 2 aromatic carbocycles. The number of rotatable bonds is 1. The largest absolute Gasteiger partial charge is 0.444 e. The summed E-state index contributed by atoms with van der Waals surface area (Å²) in [6, 6.07) is 15.3. The molecule has 1 heterocycles. The van der Waals surface area contributed by atoms with Crippen LogP contribution in [-0.4, -0.2) is 0 Å². The first-order valence-electron chi connectivity index (χ1n) is 5.58. The molecule has 0 aliphatic heterocycles. The van der Waals surface area contributed by atoms with Gasteiger partial charge in [0.15, 0.2) is 5.58 Å². The first kappa shape index (κ1) is 12.3. The van der Waals surface area contributed by atoms with E-state index in [-0.39, 0.29) is 0 Å². The molecule has 0 fully saturated rings. The average molecular weight is 333 g/mol. The van der Waals surface area contributed by atoms with Crippen LogP contribution in [0.4, 0.5) is 0 Å². The van der Waals surface area contributed by atoms with Crippen molar-refractivity contribution in [1.82, 2.24) is 0 Å². The van der Waals surface area contributed by atoms with Crippen LogP contribution in [0.25, 0.3) is 22.1 Å². The van der Waals surface area contributed by atoms with E-state index in [2.05, 4.69) is 22.0 Å². The fourth-order valence-corrected chi connectivity index (χ4v) is 2.99. The third-order valence-electron chi connectivity index (χ3n) is 2.87. The molecule has 3 aromatic rings. The molecule has 0 aliphatic carbocycles. The number of fused-ring (bicyclic) bond motifs is 1. The summed E-state index contributed by atoms with van der Waals surface area (Å²) in [5, 5.41) is 10.7. The summed E-state index contributed by atoms with van der Waals surface area (Å²) in [4.78, 5) is 0. The molecule has 92 valence electrons. The Kier molecular flexibility index (Phi) is 3.06. The van der Waals surface area contributed by atoms with Gasteiger partial charge in [-0.25, -0.2) is 0 Å². The number of halogens is 2. The minimum Gasteiger partial charge on any atom is -0.444 e. The second-order valence-electron chi connectivity index (χ2n) is 4.05. The molecular formula is C15H7BrClNO. The number of hydrogen-bond acceptors (Lipinski definition) is 2. The Labute approximate surface area is 123 Å². The van der Waals surface area contributed by atoms with Gasteiger partial charge in [-0.15, -0.1) is 0 Å². The van der Waals surface area contributed by atoms with E-state index >= 15 is 0 Å². The van der Waals surface area contributed by atoms with E-state index in [0.717, 1.165) is 21.0 Å². The molecule has 0 aliphatic rings. The second kappa shape index (κ2) is 4.73. The van der Waals surface area contributed by atoms with Crippen molar-refractivity contribution in [2.75, 3.05) is 0 Å². The highest BCUT2D eigenvalue weighted by molar-refractivity contribution is 9.10. The molecule has 0 N–H and O–H groups in total. The van der Waals surface area contributed by atoms with Crippen molar-refractivity contribution < 1.29 is 4.42 Å². The molecule has 4 heteroatoms. The van der Waals surface area contributed by atoms with Crippen molar-refractivity contribution in [3.63, 3.8) is 0 Å². The lowest BCUT2D eigenvalue weighted by Gasteiger charge is -1.99. The Morgan fingerprint density at radius 2 is 1.89 bits per heavy atom. The van der Waals surface area contributed by atoms with Gasteiger partial charge in [-0.2, -0.15) is 5.26 Å². The van der Waals surface area contributed by atoms with Crippen molar-refractivity contribution in [2.45, 2.75) is 0 Å². The van der Waals surface area contributed by atoms with Crippen molar-refractivity contribution in [2.24, 2.45) is 0 Å². The Morgan fingerprint density at radius 1 is 1.16 bits per heavy atom. The molecule has 0 bridgehead atoms. The van der Waals surface area contributed by atoms with Gasteiger partial charge in [0.1, 0.15) is 6.07 Å². The van der Waals surface area contributed by atoms with Gasteiger partial charge >= 0.3 is 0 Å². The summed E-state index contributed by atoms with van der Waals surface area (Å²) in [7, 11) is 0. The molecular weight excluding hydrogens is 326 g/mol. The maximum Gasteiger partial charge on any atom is 0.212 e. The normalized spacial score (nSPS) is 10.6. The van der Waals surface area contributed by atoms with Gasteiger partial charge in [0, 0.05) is 16.0 Å². The molecule has 0 saturated carbocycles. The molecule has 0 saturated heterocycles. The van der Waals surface area contributed by atoms with E-state index in [1.54, 1.807) is 6.07 Å². The van der Waals surface area contributed by atoms with Gasteiger partial charge in [-0.1, -0.05) is 41.9 Å². The molecule has 0 atom stereocenters. The topological polar surface area (TPSA) is 36.9 Å². The Balaban J connectivity index is 2.44. The Bertz CT molecular complexity index is 802. The van der Waals surface area contributed by atoms with Crippen LogP contribution in [0, 0.1) is 11.3 Å². The molecule has 3 rings (SSSR count). The van der Waals surface area contributed by atoms with Gasteiger partial charge < -0.3 is 4.42 Å². The van der Waals surface area contributed by atoms with Crippen molar-refractivity contribution in [3.8, 4) is 17.2 Å². The number of furan rings is 1. The summed E-state index contributed by atoms with van der Waals surface area (Å²) in [5.41, 5.74) is 2.35. The maximum absolute atomic E-state index is 9.25. The summed E-state index contributed by atoms with van der Waals surface area (Å²) in [6.45, 7) is 0. The molecule has 1 aromatic heterocycles. The van der Waals surface area contributed by atoms with Crippen LogP contribution in [0.3, 0.4) is 0 Å². The van der Waals surface area contributed by atoms with Crippen molar-refractivity contribution >= 4 is 38.5 Å². The summed E-state index contributed by atoms with van der Waals surface area (Å²) >= 11 is 9.49. The zero-order valence-corrected chi connectivity index (χ0v) is 12.0. The van der Waals surface area contributed by atoms with Gasteiger partial charge in [0.25, 0.3) is 0 Å². The van der Waals surface area contributed by atoms with E-state index in [0.29, 0.717) is 16.4 Å². The van der Waals surface area contributed by atoms with Crippen LogP contribution in [0.5, 0.6) is 0 Å². The van der Waals surface area contributed by atoms with Crippen molar-refractivity contribution in [1.29, 1.82) is 5.26 Å². The number of hydrogen-bond donors (Lipinski definition) is 0. The van der Waals surface area contributed by atoms with Crippen LogP contribution in [-0.2, 0) is 0 Å². The number of nitriles is 1. The van der Waals surface area contributed by atoms with Gasteiger partial charge in [0.2, 0.25) is 5.76 Å². The maximum atomic E-state index is 9.25. The van der Waals surface area contributed by atoms with Gasteiger partial charge in [-0.05, 0) is 33.6 Å². The SMILES string of the molecule is N#Cc1oc2c(Br)cc(Cl)cc2c1-c1ccccc1. The molecule has 0 amide bonds. The van der Waals surface area contributed by atoms with Crippen LogP contribution < -0.4 is 0 Å². The van der Waals surface area contributed by atoms with Crippen LogP contribution in [0.15, 0.2) is 51.4 Å². The van der Waals surface area contributed by atoms with Crippen LogP contribution >= 0.6 is 27.5 Å². The standard InChI is InChI=1S/C15H7BrClNO/c16-12-7-10(17)6-11-14(9-4-2-1-3-5-9)13(8-18)19-15(11)12/h1-7H. The van der Waals surface area contributed by atoms with E-state index in [1.165, 1.54) is 0 Å². The Hall–Kier alpha value is -1.76. The highest BCUT2D eigenvalue weighted by atomic mass is 79.9. The monoisotopic (exact) mass is 331 g/mol. The highest BCUT2D eigenvalue weighted by Gasteiger charge is 2.18. The zero-order chi connectivity index (χ0) is 13.4. The molecule has 0 spiro atoms. The molecule has 0 radical (unpaired) electrons. The Morgan fingerprint density at radius 3 is 2.58 bits per heavy atom. The van der Waals surface area contributed by atoms with Gasteiger partial charge in [0.05, 0.1) is 4.47 Å². The first-order valence-corrected chi connectivity index (χ1v) is 6.75. The van der Waals surface area contributed by atoms with E-state index in [9.17, 15) is 5.26 Å². The van der Waals surface area contributed by atoms with E-state index in [4.69, 9.17) is 16.0 Å². The van der Waals surface area contributed by atoms with Gasteiger partial charge in [-0.3, -0.25) is 0 Å². The predicted molar refractivity (Wildman–Crippen MR) is 79.1 cm³/mol. The molecule has 19 heavy (non-hydrogen) atoms. The van der Waals surface area contributed by atoms with E-state index < -0.39 is 0 Å². The minimum atomic E-state index is 0.296. The number of benzene rings is 2. The molecule has 0 unspecified atom stereocenters. The summed E-state index contributed by atoms with van der Waals surface area (Å²) < 4.78 is 6.37. The zero-order valence-electron chi connectivity index (χ0n) is 9.65. The van der Waals surface area contributed by atoms with Crippen LogP contribution in [0.2, 0.25) is 5.02 Å². The first-order chi connectivity index (χ1) is 9.20. The lowest BCUT2D eigenvalue weighted by Crippen LogP contribution is -1.79. The predicted octanol–water partition coefficient (Wildman–Crippen LogP) is 5.39. The fraction of sp³-hybridized carbons (Fsp3) is 0.